The highest BCUT2D eigenvalue weighted by Crippen LogP contribution is 2.28. The van der Waals surface area contributed by atoms with E-state index in [2.05, 4.69) is 0 Å². The van der Waals surface area contributed by atoms with Gasteiger partial charge in [-0.1, -0.05) is 0 Å². The van der Waals surface area contributed by atoms with Crippen LogP contribution >= 0.6 is 0 Å². The predicted molar refractivity (Wildman–Crippen MR) is 62.0 cm³/mol. The number of ketones is 2. The SMILES string of the molecule is COC1=C2C(=CC(=O)C1=O)N(C)CCCN2C. The zero-order valence-corrected chi connectivity index (χ0v) is 10.3. The van der Waals surface area contributed by atoms with Crippen LogP contribution in [0.4, 0.5) is 0 Å². The number of carbonyl (C=O) groups excluding carboxylic acids is 2. The minimum absolute atomic E-state index is 0.156. The number of hydrogen-bond acceptors (Lipinski definition) is 5. The number of fused-ring (bicyclic) bond motifs is 1. The first-order valence-corrected chi connectivity index (χ1v) is 5.57. The smallest absolute Gasteiger partial charge is 0.269 e. The Morgan fingerprint density at radius 3 is 2.47 bits per heavy atom. The Bertz CT molecular complexity index is 437. The topological polar surface area (TPSA) is 49.9 Å². The van der Waals surface area contributed by atoms with Crippen molar-refractivity contribution in [3.05, 3.63) is 23.2 Å². The molecule has 0 unspecified atom stereocenters. The summed E-state index contributed by atoms with van der Waals surface area (Å²) in [4.78, 5) is 27.3. The molecule has 0 atom stereocenters. The molecule has 0 aromatic carbocycles. The molecule has 5 heteroatoms. The van der Waals surface area contributed by atoms with Crippen molar-refractivity contribution in [3.63, 3.8) is 0 Å². The minimum atomic E-state index is -0.562. The van der Waals surface area contributed by atoms with Gasteiger partial charge >= 0.3 is 0 Å². The Balaban J connectivity index is 2.58. The van der Waals surface area contributed by atoms with Crippen molar-refractivity contribution in [1.29, 1.82) is 0 Å². The van der Waals surface area contributed by atoms with E-state index >= 15 is 0 Å². The Morgan fingerprint density at radius 2 is 1.82 bits per heavy atom. The summed E-state index contributed by atoms with van der Waals surface area (Å²) in [6.07, 6.45) is 2.38. The summed E-state index contributed by atoms with van der Waals surface area (Å²) in [6.45, 7) is 1.70. The largest absolute Gasteiger partial charge is 0.491 e. The minimum Gasteiger partial charge on any atom is -0.491 e. The Kier molecular flexibility index (Phi) is 2.92. The molecule has 1 aliphatic carbocycles. The number of allylic oxidation sites excluding steroid dienone is 2. The summed E-state index contributed by atoms with van der Waals surface area (Å²) < 4.78 is 5.12. The van der Waals surface area contributed by atoms with E-state index in [9.17, 15) is 9.59 Å². The van der Waals surface area contributed by atoms with Gasteiger partial charge in [-0.15, -0.1) is 0 Å². The average molecular weight is 236 g/mol. The molecular formula is C12H16N2O3. The van der Waals surface area contributed by atoms with Crippen molar-refractivity contribution in [2.24, 2.45) is 0 Å². The average Bonchev–Trinajstić information content (AvgIpc) is 2.43. The van der Waals surface area contributed by atoms with Gasteiger partial charge in [0.05, 0.1) is 12.8 Å². The summed E-state index contributed by atoms with van der Waals surface area (Å²) in [5.74, 6) is -0.917. The fraction of sp³-hybridized carbons (Fsp3) is 0.500. The van der Waals surface area contributed by atoms with E-state index in [1.165, 1.54) is 13.2 Å². The van der Waals surface area contributed by atoms with Crippen molar-refractivity contribution < 1.29 is 14.3 Å². The third-order valence-corrected chi connectivity index (χ3v) is 3.14. The van der Waals surface area contributed by atoms with E-state index in [4.69, 9.17) is 4.74 Å². The van der Waals surface area contributed by atoms with Gasteiger partial charge in [0, 0.05) is 33.3 Å². The van der Waals surface area contributed by atoms with Crippen LogP contribution in [-0.4, -0.2) is 55.7 Å². The second-order valence-corrected chi connectivity index (χ2v) is 4.30. The maximum atomic E-state index is 11.8. The standard InChI is InChI=1S/C12H16N2O3/c1-13-5-4-6-14(2)10-8(13)7-9(15)11(16)12(10)17-3/h7H,4-6H2,1-3H3. The first kappa shape index (κ1) is 11.7. The summed E-state index contributed by atoms with van der Waals surface area (Å²) >= 11 is 0. The Morgan fingerprint density at radius 1 is 1.18 bits per heavy atom. The Hall–Kier alpha value is -1.78. The number of rotatable bonds is 1. The van der Waals surface area contributed by atoms with Gasteiger partial charge in [0.25, 0.3) is 5.78 Å². The lowest BCUT2D eigenvalue weighted by Crippen LogP contribution is -2.32. The molecular weight excluding hydrogens is 220 g/mol. The van der Waals surface area contributed by atoms with Crippen LogP contribution in [0, 0.1) is 0 Å². The van der Waals surface area contributed by atoms with Crippen LogP contribution in [0.1, 0.15) is 6.42 Å². The molecule has 5 nitrogen and oxygen atoms in total. The van der Waals surface area contributed by atoms with Crippen molar-refractivity contribution in [1.82, 2.24) is 9.80 Å². The normalized spacial score (nSPS) is 21.2. The van der Waals surface area contributed by atoms with Crippen LogP contribution in [0.3, 0.4) is 0 Å². The number of hydrogen-bond donors (Lipinski definition) is 0. The van der Waals surface area contributed by atoms with E-state index in [0.29, 0.717) is 0 Å². The highest BCUT2D eigenvalue weighted by Gasteiger charge is 2.34. The van der Waals surface area contributed by atoms with E-state index in [0.717, 1.165) is 30.9 Å². The molecule has 1 fully saturated rings. The number of methoxy groups -OCH3 is 1. The molecule has 1 aliphatic heterocycles. The summed E-state index contributed by atoms with van der Waals surface area (Å²) in [7, 11) is 5.25. The lowest BCUT2D eigenvalue weighted by Gasteiger charge is -2.28. The third kappa shape index (κ3) is 1.81. The van der Waals surface area contributed by atoms with Gasteiger partial charge in [-0.3, -0.25) is 9.59 Å². The molecule has 17 heavy (non-hydrogen) atoms. The molecule has 0 N–H and O–H groups in total. The van der Waals surface area contributed by atoms with Gasteiger partial charge in [-0.2, -0.15) is 0 Å². The second-order valence-electron chi connectivity index (χ2n) is 4.30. The molecule has 0 amide bonds. The maximum Gasteiger partial charge on any atom is 0.269 e. The van der Waals surface area contributed by atoms with E-state index < -0.39 is 11.6 Å². The summed E-state index contributed by atoms with van der Waals surface area (Å²) in [5, 5.41) is 0. The lowest BCUT2D eigenvalue weighted by molar-refractivity contribution is -0.133. The number of nitrogens with zero attached hydrogens (tertiary/aromatic N) is 2. The molecule has 0 radical (unpaired) electrons. The zero-order valence-electron chi connectivity index (χ0n) is 10.3. The maximum absolute atomic E-state index is 11.8. The highest BCUT2D eigenvalue weighted by atomic mass is 16.5. The van der Waals surface area contributed by atoms with Crippen molar-refractivity contribution in [3.8, 4) is 0 Å². The van der Waals surface area contributed by atoms with Crippen LogP contribution in [0.25, 0.3) is 0 Å². The molecule has 0 aromatic rings. The Labute approximate surface area is 100 Å². The number of ether oxygens (including phenoxy) is 1. The molecule has 0 bridgehead atoms. The van der Waals surface area contributed by atoms with Gasteiger partial charge < -0.3 is 14.5 Å². The second kappa shape index (κ2) is 4.24. The lowest BCUT2D eigenvalue weighted by atomic mass is 10.0. The van der Waals surface area contributed by atoms with E-state index in [1.807, 2.05) is 23.9 Å². The van der Waals surface area contributed by atoms with Crippen LogP contribution in [-0.2, 0) is 14.3 Å². The van der Waals surface area contributed by atoms with Crippen LogP contribution in [0.15, 0.2) is 23.2 Å². The van der Waals surface area contributed by atoms with Gasteiger partial charge in [0.1, 0.15) is 5.70 Å². The van der Waals surface area contributed by atoms with Crippen LogP contribution < -0.4 is 0 Å². The molecule has 92 valence electrons. The number of likely N-dealkylation sites (N-methyl/N-ethyl adjacent to an activating group) is 2. The van der Waals surface area contributed by atoms with Crippen LogP contribution in [0.2, 0.25) is 0 Å². The molecule has 2 aliphatic rings. The zero-order chi connectivity index (χ0) is 12.6. The van der Waals surface area contributed by atoms with Gasteiger partial charge in [0.15, 0.2) is 5.76 Å². The monoisotopic (exact) mass is 236 g/mol. The molecule has 0 saturated carbocycles. The third-order valence-electron chi connectivity index (χ3n) is 3.14. The van der Waals surface area contributed by atoms with Crippen molar-refractivity contribution in [2.45, 2.75) is 6.42 Å². The summed E-state index contributed by atoms with van der Waals surface area (Å²) in [6, 6.07) is 0. The first-order valence-electron chi connectivity index (χ1n) is 5.57. The highest BCUT2D eigenvalue weighted by molar-refractivity contribution is 6.48. The fourth-order valence-corrected chi connectivity index (χ4v) is 2.22. The van der Waals surface area contributed by atoms with E-state index in [-0.39, 0.29) is 5.76 Å². The van der Waals surface area contributed by atoms with Gasteiger partial charge in [0.2, 0.25) is 5.78 Å². The first-order chi connectivity index (χ1) is 8.06. The molecule has 1 heterocycles. The van der Waals surface area contributed by atoms with Gasteiger partial charge in [-0.05, 0) is 6.42 Å². The molecule has 2 rings (SSSR count). The number of Topliss-reactive ketones (excluding diaryl/α,β-unsaturated/α-hetero) is 1. The molecule has 1 saturated heterocycles. The summed E-state index contributed by atoms with van der Waals surface area (Å²) in [5.41, 5.74) is 1.49. The molecule has 0 aromatic heterocycles. The quantitative estimate of drug-likeness (QED) is 0.479. The van der Waals surface area contributed by atoms with E-state index in [1.54, 1.807) is 0 Å². The van der Waals surface area contributed by atoms with Gasteiger partial charge in [-0.25, -0.2) is 0 Å². The fourth-order valence-electron chi connectivity index (χ4n) is 2.22. The van der Waals surface area contributed by atoms with Crippen LogP contribution in [0.5, 0.6) is 0 Å². The molecule has 0 spiro atoms. The van der Waals surface area contributed by atoms with Crippen molar-refractivity contribution >= 4 is 11.6 Å². The van der Waals surface area contributed by atoms with Crippen molar-refractivity contribution in [2.75, 3.05) is 34.3 Å². The predicted octanol–water partition coefficient (Wildman–Crippen LogP) is 0.147. The number of carbonyl (C=O) groups is 2.